The molecule has 0 bridgehead atoms. The van der Waals surface area contributed by atoms with Crippen LogP contribution in [0.25, 0.3) is 0 Å². The first-order valence-electron chi connectivity index (χ1n) is 6.61. The van der Waals surface area contributed by atoms with E-state index in [0.717, 1.165) is 38.4 Å². The summed E-state index contributed by atoms with van der Waals surface area (Å²) < 4.78 is 5.29. The van der Waals surface area contributed by atoms with Crippen molar-refractivity contribution in [3.8, 4) is 0 Å². The highest BCUT2D eigenvalue weighted by Gasteiger charge is 2.07. The fraction of sp³-hybridized carbons (Fsp3) is 0.692. The first-order valence-corrected chi connectivity index (χ1v) is 6.61. The van der Waals surface area contributed by atoms with Crippen LogP contribution >= 0.6 is 0 Å². The Labute approximate surface area is 103 Å². The van der Waals surface area contributed by atoms with Gasteiger partial charge in [0.15, 0.2) is 0 Å². The number of hydrogen-bond acceptors (Lipinski definition) is 4. The zero-order valence-corrected chi connectivity index (χ0v) is 10.5. The Morgan fingerprint density at radius 3 is 3.18 bits per heavy atom. The summed E-state index contributed by atoms with van der Waals surface area (Å²) in [6.45, 7) is 7.93. The molecule has 2 rings (SSSR count). The molecular formula is C13H23N3O. The molecule has 0 saturated carbocycles. The maximum atomic E-state index is 5.29. The standard InChI is InChI=1S/C13H23N3O/c1-3-13(17-12-1)4-6-15-8-11-16-9-2-5-14-7-10-16/h1,3,12,14-15H,2,4-11H2. The van der Waals surface area contributed by atoms with Crippen molar-refractivity contribution in [2.24, 2.45) is 0 Å². The highest BCUT2D eigenvalue weighted by Crippen LogP contribution is 1.99. The molecule has 4 nitrogen and oxygen atoms in total. The van der Waals surface area contributed by atoms with Gasteiger partial charge in [-0.1, -0.05) is 0 Å². The van der Waals surface area contributed by atoms with Crippen LogP contribution in [0.2, 0.25) is 0 Å². The highest BCUT2D eigenvalue weighted by molar-refractivity contribution is 4.98. The van der Waals surface area contributed by atoms with Crippen LogP contribution in [0.1, 0.15) is 12.2 Å². The molecule has 0 amide bonds. The van der Waals surface area contributed by atoms with Crippen molar-refractivity contribution in [3.05, 3.63) is 24.2 Å². The predicted molar refractivity (Wildman–Crippen MR) is 69.2 cm³/mol. The topological polar surface area (TPSA) is 40.4 Å². The van der Waals surface area contributed by atoms with E-state index in [9.17, 15) is 0 Å². The lowest BCUT2D eigenvalue weighted by molar-refractivity contribution is 0.291. The number of furan rings is 1. The van der Waals surface area contributed by atoms with Crippen LogP contribution in [0.15, 0.2) is 22.8 Å². The van der Waals surface area contributed by atoms with Crippen LogP contribution in [-0.4, -0.2) is 50.7 Å². The zero-order chi connectivity index (χ0) is 11.8. The summed E-state index contributed by atoms with van der Waals surface area (Å²) in [7, 11) is 0. The Morgan fingerprint density at radius 2 is 2.29 bits per heavy atom. The minimum atomic E-state index is 0.981. The van der Waals surface area contributed by atoms with Crippen molar-refractivity contribution in [2.45, 2.75) is 12.8 Å². The number of hydrogen-bond donors (Lipinski definition) is 2. The monoisotopic (exact) mass is 237 g/mol. The molecule has 2 N–H and O–H groups in total. The largest absolute Gasteiger partial charge is 0.469 e. The van der Waals surface area contributed by atoms with Gasteiger partial charge >= 0.3 is 0 Å². The van der Waals surface area contributed by atoms with Gasteiger partial charge in [-0.05, 0) is 31.6 Å². The molecule has 1 aromatic heterocycles. The van der Waals surface area contributed by atoms with Gasteiger partial charge in [-0.15, -0.1) is 0 Å². The van der Waals surface area contributed by atoms with Gasteiger partial charge in [0.1, 0.15) is 5.76 Å². The molecule has 0 atom stereocenters. The van der Waals surface area contributed by atoms with Gasteiger partial charge in [-0.3, -0.25) is 0 Å². The SMILES string of the molecule is c1coc(CCNCCN2CCCNCC2)c1. The van der Waals surface area contributed by atoms with Gasteiger partial charge in [0.2, 0.25) is 0 Å². The van der Waals surface area contributed by atoms with Crippen molar-refractivity contribution in [2.75, 3.05) is 45.8 Å². The van der Waals surface area contributed by atoms with Crippen LogP contribution in [0.5, 0.6) is 0 Å². The summed E-state index contributed by atoms with van der Waals surface area (Å²) in [5.41, 5.74) is 0. The molecule has 0 spiro atoms. The molecular weight excluding hydrogens is 214 g/mol. The van der Waals surface area contributed by atoms with E-state index in [1.54, 1.807) is 6.26 Å². The van der Waals surface area contributed by atoms with E-state index in [4.69, 9.17) is 4.42 Å². The summed E-state index contributed by atoms with van der Waals surface area (Å²) in [4.78, 5) is 2.53. The molecule has 1 fully saturated rings. The normalized spacial score (nSPS) is 18.1. The number of nitrogens with zero attached hydrogens (tertiary/aromatic N) is 1. The minimum Gasteiger partial charge on any atom is -0.469 e. The van der Waals surface area contributed by atoms with Crippen molar-refractivity contribution in [1.82, 2.24) is 15.5 Å². The molecule has 1 aliphatic heterocycles. The molecule has 0 unspecified atom stereocenters. The van der Waals surface area contributed by atoms with Crippen molar-refractivity contribution in [1.29, 1.82) is 0 Å². The first-order chi connectivity index (χ1) is 8.45. The molecule has 4 heteroatoms. The lowest BCUT2D eigenvalue weighted by atomic mass is 10.3. The smallest absolute Gasteiger partial charge is 0.105 e. The van der Waals surface area contributed by atoms with Gasteiger partial charge in [-0.25, -0.2) is 0 Å². The average molecular weight is 237 g/mol. The lowest BCUT2D eigenvalue weighted by Crippen LogP contribution is -2.35. The third-order valence-corrected chi connectivity index (χ3v) is 3.17. The Balaban J connectivity index is 1.50. The van der Waals surface area contributed by atoms with Crippen LogP contribution in [0.4, 0.5) is 0 Å². The van der Waals surface area contributed by atoms with Gasteiger partial charge in [0.25, 0.3) is 0 Å². The second kappa shape index (κ2) is 7.48. The Bertz CT molecular complexity index is 279. The van der Waals surface area contributed by atoms with Gasteiger partial charge in [0, 0.05) is 39.1 Å². The van der Waals surface area contributed by atoms with Crippen LogP contribution in [-0.2, 0) is 6.42 Å². The summed E-state index contributed by atoms with van der Waals surface area (Å²) in [5, 5.41) is 6.89. The zero-order valence-electron chi connectivity index (χ0n) is 10.5. The minimum absolute atomic E-state index is 0.981. The van der Waals surface area contributed by atoms with E-state index >= 15 is 0 Å². The molecule has 0 radical (unpaired) electrons. The average Bonchev–Trinajstić information content (AvgIpc) is 2.72. The fourth-order valence-electron chi connectivity index (χ4n) is 2.15. The third kappa shape index (κ3) is 4.89. The fourth-order valence-corrected chi connectivity index (χ4v) is 2.15. The molecule has 0 aliphatic carbocycles. The van der Waals surface area contributed by atoms with E-state index in [1.165, 1.54) is 26.1 Å². The second-order valence-electron chi connectivity index (χ2n) is 4.52. The van der Waals surface area contributed by atoms with Gasteiger partial charge in [-0.2, -0.15) is 0 Å². The predicted octanol–water partition coefficient (Wildman–Crippen LogP) is 0.707. The second-order valence-corrected chi connectivity index (χ2v) is 4.52. The van der Waals surface area contributed by atoms with Crippen LogP contribution in [0, 0.1) is 0 Å². The molecule has 0 aromatic carbocycles. The van der Waals surface area contributed by atoms with E-state index in [0.29, 0.717) is 0 Å². The summed E-state index contributed by atoms with van der Waals surface area (Å²) >= 11 is 0. The Morgan fingerprint density at radius 1 is 1.29 bits per heavy atom. The van der Waals surface area contributed by atoms with Crippen LogP contribution < -0.4 is 10.6 Å². The van der Waals surface area contributed by atoms with Crippen molar-refractivity contribution in [3.63, 3.8) is 0 Å². The van der Waals surface area contributed by atoms with Gasteiger partial charge in [0.05, 0.1) is 6.26 Å². The lowest BCUT2D eigenvalue weighted by Gasteiger charge is -2.19. The molecule has 1 saturated heterocycles. The third-order valence-electron chi connectivity index (χ3n) is 3.17. The maximum absolute atomic E-state index is 5.29. The summed E-state index contributed by atoms with van der Waals surface area (Å²) in [6.07, 6.45) is 3.99. The molecule has 1 aliphatic rings. The Hall–Kier alpha value is -0.840. The highest BCUT2D eigenvalue weighted by atomic mass is 16.3. The quantitative estimate of drug-likeness (QED) is 0.715. The van der Waals surface area contributed by atoms with Crippen molar-refractivity contribution < 1.29 is 4.42 Å². The van der Waals surface area contributed by atoms with Crippen LogP contribution in [0.3, 0.4) is 0 Å². The van der Waals surface area contributed by atoms with E-state index < -0.39 is 0 Å². The maximum Gasteiger partial charge on any atom is 0.105 e. The molecule has 1 aromatic rings. The number of nitrogens with one attached hydrogen (secondary N) is 2. The van der Waals surface area contributed by atoms with E-state index in [1.807, 2.05) is 12.1 Å². The summed E-state index contributed by atoms with van der Waals surface area (Å²) in [6, 6.07) is 3.97. The van der Waals surface area contributed by atoms with E-state index in [2.05, 4.69) is 15.5 Å². The first kappa shape index (κ1) is 12.6. The number of rotatable bonds is 6. The summed E-state index contributed by atoms with van der Waals surface area (Å²) in [5.74, 6) is 1.07. The van der Waals surface area contributed by atoms with E-state index in [-0.39, 0.29) is 0 Å². The molecule has 2 heterocycles. The molecule has 17 heavy (non-hydrogen) atoms. The van der Waals surface area contributed by atoms with Gasteiger partial charge < -0.3 is 20.0 Å². The van der Waals surface area contributed by atoms with Crippen molar-refractivity contribution >= 4 is 0 Å². The molecule has 96 valence electrons. The Kier molecular flexibility index (Phi) is 5.55.